The molecule has 2 aliphatic rings. The highest BCUT2D eigenvalue weighted by Crippen LogP contribution is 2.33. The van der Waals surface area contributed by atoms with Crippen molar-refractivity contribution < 1.29 is 31.1 Å². The summed E-state index contributed by atoms with van der Waals surface area (Å²) >= 11 is 0. The number of anilines is 1. The number of nitrogens with one attached hydrogen (secondary N) is 1. The highest BCUT2D eigenvalue weighted by Gasteiger charge is 2.47. The van der Waals surface area contributed by atoms with Crippen LogP contribution in [0, 0.1) is 18.3 Å². The van der Waals surface area contributed by atoms with Gasteiger partial charge >= 0.3 is 6.36 Å². The summed E-state index contributed by atoms with van der Waals surface area (Å²) < 4.78 is 69.3. The molecule has 1 N–H and O–H groups in total. The van der Waals surface area contributed by atoms with Crippen molar-refractivity contribution in [2.75, 3.05) is 37.3 Å². The summed E-state index contributed by atoms with van der Waals surface area (Å²) in [6.07, 6.45) is -4.23. The van der Waals surface area contributed by atoms with Crippen molar-refractivity contribution in [2.45, 2.75) is 38.1 Å². The van der Waals surface area contributed by atoms with Gasteiger partial charge in [-0.25, -0.2) is 12.7 Å². The number of nitriles is 1. The first-order valence-corrected chi connectivity index (χ1v) is 13.9. The molecule has 0 aromatic heterocycles. The van der Waals surface area contributed by atoms with Gasteiger partial charge < -0.3 is 15.0 Å². The van der Waals surface area contributed by atoms with Crippen LogP contribution in [0.1, 0.15) is 29.5 Å². The number of halogens is 3. The molecule has 2 heterocycles. The third-order valence-electron chi connectivity index (χ3n) is 6.97. The van der Waals surface area contributed by atoms with Crippen LogP contribution in [0.15, 0.2) is 47.5 Å². The first-order chi connectivity index (χ1) is 18.3. The van der Waals surface area contributed by atoms with E-state index in [0.29, 0.717) is 6.42 Å². The molecule has 1 amide bonds. The SMILES string of the molecule is Cc1cc(N(C)CC#N)ccc1CCS(=O)(=O)N1CCC2(CC1)N=C(c1cccc(OC(F)(F)F)c1)NC2=O. The molecule has 1 spiro atoms. The Labute approximate surface area is 224 Å². The molecular formula is C26H28F3N5O4S. The average Bonchev–Trinajstić information content (AvgIpc) is 3.18. The summed E-state index contributed by atoms with van der Waals surface area (Å²) in [6.45, 7) is 2.34. The Kier molecular flexibility index (Phi) is 7.90. The van der Waals surface area contributed by atoms with Gasteiger partial charge in [-0.2, -0.15) is 5.26 Å². The quantitative estimate of drug-likeness (QED) is 0.494. The number of hydrogen-bond acceptors (Lipinski definition) is 7. The molecule has 208 valence electrons. The number of nitrogens with zero attached hydrogens (tertiary/aromatic N) is 4. The van der Waals surface area contributed by atoms with E-state index < -0.39 is 33.6 Å². The van der Waals surface area contributed by atoms with Gasteiger partial charge in [-0.3, -0.25) is 9.79 Å². The van der Waals surface area contributed by atoms with Crippen molar-refractivity contribution in [3.63, 3.8) is 0 Å². The third-order valence-corrected chi connectivity index (χ3v) is 8.84. The fourth-order valence-electron chi connectivity index (χ4n) is 4.73. The second-order valence-corrected chi connectivity index (χ2v) is 11.7. The number of ether oxygens (including phenoxy) is 1. The van der Waals surface area contributed by atoms with Gasteiger partial charge in [0.05, 0.1) is 11.8 Å². The lowest BCUT2D eigenvalue weighted by atomic mass is 9.89. The summed E-state index contributed by atoms with van der Waals surface area (Å²) in [5, 5.41) is 11.5. The first kappa shape index (κ1) is 28.4. The van der Waals surface area contributed by atoms with Gasteiger partial charge in [-0.15, -0.1) is 13.2 Å². The van der Waals surface area contributed by atoms with Crippen molar-refractivity contribution in [1.82, 2.24) is 9.62 Å². The van der Waals surface area contributed by atoms with Gasteiger partial charge in [0.25, 0.3) is 5.91 Å². The molecule has 2 aliphatic heterocycles. The van der Waals surface area contributed by atoms with Gasteiger partial charge in [-0.05, 0) is 61.6 Å². The van der Waals surface area contributed by atoms with E-state index >= 15 is 0 Å². The molecule has 0 radical (unpaired) electrons. The number of aryl methyl sites for hydroxylation is 2. The minimum atomic E-state index is -4.85. The minimum Gasteiger partial charge on any atom is -0.406 e. The van der Waals surface area contributed by atoms with Crippen molar-refractivity contribution in [2.24, 2.45) is 4.99 Å². The Bertz CT molecular complexity index is 1430. The second-order valence-electron chi connectivity index (χ2n) is 9.61. The number of aliphatic imine (C=N–C) groups is 1. The van der Waals surface area contributed by atoms with Crippen LogP contribution in [0.2, 0.25) is 0 Å². The maximum atomic E-state index is 13.1. The minimum absolute atomic E-state index is 0.0963. The van der Waals surface area contributed by atoms with Crippen LogP contribution in [0.4, 0.5) is 18.9 Å². The number of piperidine rings is 1. The Morgan fingerprint density at radius 1 is 1.21 bits per heavy atom. The number of amides is 1. The van der Waals surface area contributed by atoms with E-state index in [1.807, 2.05) is 32.2 Å². The molecule has 2 aromatic carbocycles. The van der Waals surface area contributed by atoms with Crippen LogP contribution in [0.25, 0.3) is 0 Å². The van der Waals surface area contributed by atoms with E-state index in [9.17, 15) is 26.4 Å². The second kappa shape index (κ2) is 10.9. The smallest absolute Gasteiger partial charge is 0.406 e. The lowest BCUT2D eigenvalue weighted by Gasteiger charge is -2.34. The molecule has 0 bridgehead atoms. The van der Waals surface area contributed by atoms with Gasteiger partial charge in [0.2, 0.25) is 10.0 Å². The highest BCUT2D eigenvalue weighted by atomic mass is 32.2. The van der Waals surface area contributed by atoms with Gasteiger partial charge in [0.15, 0.2) is 0 Å². The molecule has 0 atom stereocenters. The fraction of sp³-hybridized carbons (Fsp3) is 0.423. The van der Waals surface area contributed by atoms with Gasteiger partial charge in [-0.1, -0.05) is 18.2 Å². The van der Waals surface area contributed by atoms with Crippen molar-refractivity contribution in [3.8, 4) is 11.8 Å². The zero-order valence-corrected chi connectivity index (χ0v) is 22.3. The summed E-state index contributed by atoms with van der Waals surface area (Å²) in [7, 11) is -1.80. The summed E-state index contributed by atoms with van der Waals surface area (Å²) in [6, 6.07) is 12.9. The van der Waals surface area contributed by atoms with Crippen LogP contribution in [0.3, 0.4) is 0 Å². The molecule has 0 aliphatic carbocycles. The predicted molar refractivity (Wildman–Crippen MR) is 139 cm³/mol. The average molecular weight is 564 g/mol. The van der Waals surface area contributed by atoms with E-state index in [4.69, 9.17) is 5.26 Å². The zero-order chi connectivity index (χ0) is 28.4. The Morgan fingerprint density at radius 2 is 1.92 bits per heavy atom. The molecule has 0 unspecified atom stereocenters. The molecular weight excluding hydrogens is 535 g/mol. The van der Waals surface area contributed by atoms with Gasteiger partial charge in [0, 0.05) is 31.4 Å². The van der Waals surface area contributed by atoms with Gasteiger partial charge in [0.1, 0.15) is 23.7 Å². The Hall–Kier alpha value is -3.63. The topological polar surface area (TPSA) is 115 Å². The fourth-order valence-corrected chi connectivity index (χ4v) is 6.21. The van der Waals surface area contributed by atoms with E-state index in [1.54, 1.807) is 4.90 Å². The highest BCUT2D eigenvalue weighted by molar-refractivity contribution is 7.89. The number of alkyl halides is 3. The Morgan fingerprint density at radius 3 is 2.56 bits per heavy atom. The first-order valence-electron chi connectivity index (χ1n) is 12.2. The zero-order valence-electron chi connectivity index (χ0n) is 21.5. The summed E-state index contributed by atoms with van der Waals surface area (Å²) in [5.41, 5.74) is 1.78. The van der Waals surface area contributed by atoms with Crippen molar-refractivity contribution in [1.29, 1.82) is 5.26 Å². The predicted octanol–water partition coefficient (Wildman–Crippen LogP) is 3.14. The monoisotopic (exact) mass is 563 g/mol. The molecule has 1 fully saturated rings. The largest absolute Gasteiger partial charge is 0.573 e. The molecule has 0 saturated carbocycles. The molecule has 1 saturated heterocycles. The van der Waals surface area contributed by atoms with Crippen LogP contribution < -0.4 is 15.0 Å². The molecule has 9 nitrogen and oxygen atoms in total. The van der Waals surface area contributed by atoms with Crippen LogP contribution in [0.5, 0.6) is 5.75 Å². The van der Waals surface area contributed by atoms with E-state index in [1.165, 1.54) is 16.4 Å². The van der Waals surface area contributed by atoms with Crippen LogP contribution in [-0.2, 0) is 21.2 Å². The molecule has 13 heteroatoms. The number of carbonyl (C=O) groups is 1. The van der Waals surface area contributed by atoms with Crippen molar-refractivity contribution >= 4 is 27.5 Å². The molecule has 4 rings (SSSR count). The third kappa shape index (κ3) is 6.51. The molecule has 2 aromatic rings. The number of rotatable bonds is 8. The standard InChI is InChI=1S/C26H28F3N5O4S/c1-18-16-21(33(2)14-11-30)7-6-19(18)8-15-39(36,37)34-12-9-25(10-13-34)24(35)31-23(32-25)20-4-3-5-22(17-20)38-26(27,28)29/h3-7,16-17H,8-10,12-15H2,1-2H3,(H,31,32,35). The maximum absolute atomic E-state index is 13.1. The van der Waals surface area contributed by atoms with E-state index in [-0.39, 0.29) is 49.6 Å². The van der Waals surface area contributed by atoms with Crippen LogP contribution >= 0.6 is 0 Å². The maximum Gasteiger partial charge on any atom is 0.573 e. The number of hydrogen-bond donors (Lipinski definition) is 1. The lowest BCUT2D eigenvalue weighted by Crippen LogP contribution is -2.50. The number of amidine groups is 1. The number of sulfonamides is 1. The lowest BCUT2D eigenvalue weighted by molar-refractivity contribution is -0.274. The number of benzene rings is 2. The number of carbonyl (C=O) groups excluding carboxylic acids is 1. The Balaban J connectivity index is 1.40. The van der Waals surface area contributed by atoms with E-state index in [2.05, 4.69) is 21.1 Å². The van der Waals surface area contributed by atoms with Crippen molar-refractivity contribution in [3.05, 3.63) is 59.2 Å². The summed E-state index contributed by atoms with van der Waals surface area (Å²) in [5.74, 6) is -0.809. The van der Waals surface area contributed by atoms with E-state index in [0.717, 1.165) is 28.9 Å². The van der Waals surface area contributed by atoms with Crippen LogP contribution in [-0.4, -0.2) is 68.8 Å². The molecule has 39 heavy (non-hydrogen) atoms. The normalized spacial score (nSPS) is 17.4. The summed E-state index contributed by atoms with van der Waals surface area (Å²) in [4.78, 5) is 19.1.